The third-order valence-electron chi connectivity index (χ3n) is 8.13. The summed E-state index contributed by atoms with van der Waals surface area (Å²) in [6.07, 6.45) is 2.55. The lowest BCUT2D eigenvalue weighted by atomic mass is 9.98. The standard InChI is InChI=1S/C28H32N2O5/c1-2-17(11-25(31)30-19-12-18-13-28(18,14-19)26(32)33)15-29-27(34)35-16-24-22-9-5-3-7-20(22)21-8-4-6-10-23(21)24/h3-10,17-19,24H,2,11-16H2,1H3,(H,29,34)(H,30,31)(H,32,33). The zero-order chi connectivity index (χ0) is 24.6. The fraction of sp³-hybridized carbons (Fsp3) is 0.464. The van der Waals surface area contributed by atoms with Gasteiger partial charge in [0.15, 0.2) is 0 Å². The average molecular weight is 477 g/mol. The summed E-state index contributed by atoms with van der Waals surface area (Å²) in [5.74, 6) is -0.633. The summed E-state index contributed by atoms with van der Waals surface area (Å²) in [5, 5.41) is 15.2. The number of amides is 2. The van der Waals surface area contributed by atoms with Gasteiger partial charge in [-0.15, -0.1) is 0 Å². The second-order valence-electron chi connectivity index (χ2n) is 10.3. The number of alkyl carbamates (subject to hydrolysis) is 1. The number of hydrogen-bond donors (Lipinski definition) is 3. The maximum atomic E-state index is 12.5. The molecule has 2 fully saturated rings. The van der Waals surface area contributed by atoms with E-state index < -0.39 is 17.5 Å². The van der Waals surface area contributed by atoms with Gasteiger partial charge >= 0.3 is 12.1 Å². The molecule has 0 spiro atoms. The van der Waals surface area contributed by atoms with Gasteiger partial charge in [-0.1, -0.05) is 61.9 Å². The van der Waals surface area contributed by atoms with Gasteiger partial charge in [-0.2, -0.15) is 0 Å². The summed E-state index contributed by atoms with van der Waals surface area (Å²) < 4.78 is 5.59. The lowest BCUT2D eigenvalue weighted by molar-refractivity contribution is -0.143. The SMILES string of the molecule is CCC(CNC(=O)OCC1c2ccccc2-c2ccccc21)CC(=O)NC1CC2CC2(C(=O)O)C1. The largest absolute Gasteiger partial charge is 0.481 e. The number of carboxylic acids is 1. The molecule has 7 heteroatoms. The van der Waals surface area contributed by atoms with E-state index in [1.165, 1.54) is 22.3 Å². The minimum Gasteiger partial charge on any atom is -0.481 e. The van der Waals surface area contributed by atoms with Gasteiger partial charge in [-0.05, 0) is 53.4 Å². The molecule has 3 N–H and O–H groups in total. The molecule has 2 amide bonds. The van der Waals surface area contributed by atoms with Crippen molar-refractivity contribution >= 4 is 18.0 Å². The molecule has 4 unspecified atom stereocenters. The predicted molar refractivity (Wildman–Crippen MR) is 131 cm³/mol. The molecule has 2 saturated carbocycles. The molecule has 0 saturated heterocycles. The Bertz CT molecular complexity index is 1100. The Balaban J connectivity index is 1.08. The van der Waals surface area contributed by atoms with Crippen LogP contribution in [0.1, 0.15) is 56.1 Å². The van der Waals surface area contributed by atoms with Crippen molar-refractivity contribution in [2.24, 2.45) is 17.3 Å². The number of ether oxygens (including phenoxy) is 1. The van der Waals surface area contributed by atoms with Crippen LogP contribution in [0.15, 0.2) is 48.5 Å². The average Bonchev–Trinajstić information content (AvgIpc) is 3.29. The number of rotatable bonds is 9. The molecule has 0 radical (unpaired) electrons. The molecule has 0 aromatic heterocycles. The Morgan fingerprint density at radius 2 is 1.71 bits per heavy atom. The van der Waals surface area contributed by atoms with E-state index in [0.29, 0.717) is 19.4 Å². The zero-order valence-corrected chi connectivity index (χ0v) is 20.0. The highest BCUT2D eigenvalue weighted by Gasteiger charge is 2.65. The maximum Gasteiger partial charge on any atom is 0.407 e. The second kappa shape index (κ2) is 9.36. The van der Waals surface area contributed by atoms with Crippen LogP contribution in [0.25, 0.3) is 11.1 Å². The molecule has 5 rings (SSSR count). The van der Waals surface area contributed by atoms with Crippen LogP contribution in [0.2, 0.25) is 0 Å². The molecule has 3 aliphatic carbocycles. The second-order valence-corrected chi connectivity index (χ2v) is 10.3. The van der Waals surface area contributed by atoms with E-state index in [-0.39, 0.29) is 36.3 Å². The highest BCUT2D eigenvalue weighted by molar-refractivity contribution is 5.81. The number of hydrogen-bond acceptors (Lipinski definition) is 4. The number of aliphatic carboxylic acids is 1. The Kier molecular flexibility index (Phi) is 6.26. The van der Waals surface area contributed by atoms with Crippen molar-refractivity contribution in [3.05, 3.63) is 59.7 Å². The summed E-state index contributed by atoms with van der Waals surface area (Å²) in [6, 6.07) is 16.3. The molecule has 7 nitrogen and oxygen atoms in total. The van der Waals surface area contributed by atoms with E-state index in [1.807, 2.05) is 31.2 Å². The van der Waals surface area contributed by atoms with Crippen LogP contribution in [0.3, 0.4) is 0 Å². The third-order valence-corrected chi connectivity index (χ3v) is 8.13. The first-order valence-electron chi connectivity index (χ1n) is 12.5. The van der Waals surface area contributed by atoms with Gasteiger partial charge in [0.05, 0.1) is 5.41 Å². The molecular formula is C28H32N2O5. The third kappa shape index (κ3) is 4.51. The van der Waals surface area contributed by atoms with E-state index in [0.717, 1.165) is 19.3 Å². The Labute approximate surface area is 205 Å². The summed E-state index contributed by atoms with van der Waals surface area (Å²) >= 11 is 0. The quantitative estimate of drug-likeness (QED) is 0.500. The van der Waals surface area contributed by atoms with Gasteiger partial charge in [0.2, 0.25) is 5.91 Å². The zero-order valence-electron chi connectivity index (χ0n) is 20.0. The van der Waals surface area contributed by atoms with Gasteiger partial charge < -0.3 is 20.5 Å². The number of fused-ring (bicyclic) bond motifs is 4. The molecule has 0 aliphatic heterocycles. The summed E-state index contributed by atoms with van der Waals surface area (Å²) in [5.41, 5.74) is 4.09. The van der Waals surface area contributed by atoms with Crippen molar-refractivity contribution in [2.75, 3.05) is 13.2 Å². The fourth-order valence-corrected chi connectivity index (χ4v) is 6.05. The van der Waals surface area contributed by atoms with Gasteiger partial charge in [0.1, 0.15) is 6.61 Å². The van der Waals surface area contributed by atoms with Crippen LogP contribution < -0.4 is 10.6 Å². The summed E-state index contributed by atoms with van der Waals surface area (Å²) in [6.45, 7) is 2.60. The first-order valence-corrected chi connectivity index (χ1v) is 12.5. The molecule has 0 heterocycles. The van der Waals surface area contributed by atoms with Crippen molar-refractivity contribution in [2.45, 2.75) is 51.0 Å². The minimum atomic E-state index is -0.738. The highest BCUT2D eigenvalue weighted by atomic mass is 16.5. The van der Waals surface area contributed by atoms with Crippen molar-refractivity contribution in [3.63, 3.8) is 0 Å². The molecule has 184 valence electrons. The van der Waals surface area contributed by atoms with Crippen LogP contribution in [-0.2, 0) is 14.3 Å². The van der Waals surface area contributed by atoms with E-state index >= 15 is 0 Å². The van der Waals surface area contributed by atoms with Crippen LogP contribution in [0, 0.1) is 17.3 Å². The molecule has 4 atom stereocenters. The normalized spacial score (nSPS) is 24.6. The number of benzene rings is 2. The summed E-state index contributed by atoms with van der Waals surface area (Å²) in [4.78, 5) is 36.5. The molecular weight excluding hydrogens is 444 g/mol. The summed E-state index contributed by atoms with van der Waals surface area (Å²) in [7, 11) is 0. The monoisotopic (exact) mass is 476 g/mol. The van der Waals surface area contributed by atoms with E-state index in [9.17, 15) is 19.5 Å². The molecule has 0 bridgehead atoms. The lowest BCUT2D eigenvalue weighted by Crippen LogP contribution is -2.38. The maximum absolute atomic E-state index is 12.5. The minimum absolute atomic E-state index is 0.00705. The van der Waals surface area contributed by atoms with E-state index in [1.54, 1.807) is 0 Å². The van der Waals surface area contributed by atoms with Crippen LogP contribution in [0.5, 0.6) is 0 Å². The highest BCUT2D eigenvalue weighted by Crippen LogP contribution is 2.63. The first-order chi connectivity index (χ1) is 16.9. The smallest absolute Gasteiger partial charge is 0.407 e. The van der Waals surface area contributed by atoms with Gasteiger partial charge in [0, 0.05) is 24.9 Å². The molecule has 2 aromatic rings. The first kappa shape index (κ1) is 23.4. The Morgan fingerprint density at radius 3 is 2.31 bits per heavy atom. The van der Waals surface area contributed by atoms with Crippen LogP contribution >= 0.6 is 0 Å². The predicted octanol–water partition coefficient (Wildman–Crippen LogP) is 4.31. The van der Waals surface area contributed by atoms with Crippen molar-refractivity contribution in [1.29, 1.82) is 0 Å². The van der Waals surface area contributed by atoms with Crippen molar-refractivity contribution in [3.8, 4) is 11.1 Å². The van der Waals surface area contributed by atoms with Gasteiger partial charge in [0.25, 0.3) is 0 Å². The number of nitrogens with one attached hydrogen (secondary N) is 2. The fourth-order valence-electron chi connectivity index (χ4n) is 6.05. The number of carboxylic acid groups (broad SMARTS) is 1. The Morgan fingerprint density at radius 1 is 1.06 bits per heavy atom. The van der Waals surface area contributed by atoms with Gasteiger partial charge in [-0.25, -0.2) is 4.79 Å². The molecule has 35 heavy (non-hydrogen) atoms. The van der Waals surface area contributed by atoms with Crippen molar-refractivity contribution < 1.29 is 24.2 Å². The lowest BCUT2D eigenvalue weighted by Gasteiger charge is -2.20. The number of carbonyl (C=O) groups is 3. The Hall–Kier alpha value is -3.35. The van der Waals surface area contributed by atoms with Gasteiger partial charge in [-0.3, -0.25) is 9.59 Å². The van der Waals surface area contributed by atoms with Crippen molar-refractivity contribution in [1.82, 2.24) is 10.6 Å². The molecule has 2 aromatic carbocycles. The van der Waals surface area contributed by atoms with E-state index in [4.69, 9.17) is 4.74 Å². The number of carbonyl (C=O) groups excluding carboxylic acids is 2. The van der Waals surface area contributed by atoms with Crippen LogP contribution in [-0.4, -0.2) is 42.3 Å². The topological polar surface area (TPSA) is 105 Å². The van der Waals surface area contributed by atoms with Crippen LogP contribution in [0.4, 0.5) is 4.79 Å². The molecule has 3 aliphatic rings. The van der Waals surface area contributed by atoms with E-state index in [2.05, 4.69) is 34.9 Å².